The Morgan fingerprint density at radius 1 is 1.53 bits per heavy atom. The van der Waals surface area contributed by atoms with Crippen LogP contribution in [0.1, 0.15) is 25.5 Å². The summed E-state index contributed by atoms with van der Waals surface area (Å²) in [5.74, 6) is -0.522. The Labute approximate surface area is 113 Å². The molecular formula is C14H21FN2O2. The van der Waals surface area contributed by atoms with Crippen LogP contribution in [0.4, 0.5) is 4.39 Å². The molecule has 0 spiro atoms. The molecule has 1 atom stereocenters. The van der Waals surface area contributed by atoms with E-state index in [0.717, 1.165) is 5.56 Å². The molecule has 0 fully saturated rings. The second kappa shape index (κ2) is 7.09. The number of carbonyl (C=O) groups excluding carboxylic acids is 1. The molecule has 0 radical (unpaired) electrons. The molecule has 0 heterocycles. The van der Waals surface area contributed by atoms with E-state index in [-0.39, 0.29) is 24.3 Å². The number of carbonyl (C=O) groups is 1. The highest BCUT2D eigenvalue weighted by Crippen LogP contribution is 2.21. The average Bonchev–Trinajstić information content (AvgIpc) is 2.43. The van der Waals surface area contributed by atoms with Gasteiger partial charge in [-0.3, -0.25) is 4.79 Å². The van der Waals surface area contributed by atoms with Gasteiger partial charge in [0.2, 0.25) is 0 Å². The van der Waals surface area contributed by atoms with Crippen molar-refractivity contribution in [1.82, 2.24) is 10.2 Å². The fraction of sp³-hybridized carbons (Fsp3) is 0.500. The van der Waals surface area contributed by atoms with Crippen molar-refractivity contribution in [2.24, 2.45) is 0 Å². The predicted octanol–water partition coefficient (Wildman–Crippen LogP) is 1.96. The maximum absolute atomic E-state index is 13.8. The van der Waals surface area contributed by atoms with Crippen LogP contribution in [-0.2, 0) is 4.79 Å². The second-order valence-corrected chi connectivity index (χ2v) is 4.40. The van der Waals surface area contributed by atoms with Crippen molar-refractivity contribution < 1.29 is 13.9 Å². The molecule has 0 aliphatic rings. The molecule has 106 valence electrons. The van der Waals surface area contributed by atoms with Crippen molar-refractivity contribution in [2.45, 2.75) is 19.9 Å². The quantitative estimate of drug-likeness (QED) is 0.857. The minimum atomic E-state index is -0.452. The SMILES string of the molecule is CCN(C)C(=O)COc1ccc(C(C)NC)cc1F. The van der Waals surface area contributed by atoms with Crippen LogP contribution < -0.4 is 10.1 Å². The molecule has 1 aromatic carbocycles. The maximum atomic E-state index is 13.8. The summed E-state index contributed by atoms with van der Waals surface area (Å²) in [4.78, 5) is 13.1. The lowest BCUT2D eigenvalue weighted by Crippen LogP contribution is -2.31. The van der Waals surface area contributed by atoms with E-state index < -0.39 is 5.82 Å². The van der Waals surface area contributed by atoms with E-state index in [1.54, 1.807) is 19.2 Å². The lowest BCUT2D eigenvalue weighted by molar-refractivity contribution is -0.131. The minimum absolute atomic E-state index is 0.0661. The van der Waals surface area contributed by atoms with Crippen LogP contribution in [0.3, 0.4) is 0 Å². The molecule has 19 heavy (non-hydrogen) atoms. The molecule has 1 rings (SSSR count). The third-order valence-electron chi connectivity index (χ3n) is 3.14. The molecule has 0 aliphatic heterocycles. The van der Waals surface area contributed by atoms with Crippen LogP contribution in [0.15, 0.2) is 18.2 Å². The number of benzene rings is 1. The van der Waals surface area contributed by atoms with E-state index >= 15 is 0 Å². The molecule has 5 heteroatoms. The van der Waals surface area contributed by atoms with Gasteiger partial charge in [-0.25, -0.2) is 4.39 Å². The number of hydrogen-bond acceptors (Lipinski definition) is 3. The van der Waals surface area contributed by atoms with E-state index in [9.17, 15) is 9.18 Å². The van der Waals surface area contributed by atoms with Gasteiger partial charge in [0, 0.05) is 19.6 Å². The van der Waals surface area contributed by atoms with E-state index in [1.807, 2.05) is 20.9 Å². The summed E-state index contributed by atoms with van der Waals surface area (Å²) in [6.07, 6.45) is 0. The Bertz CT molecular complexity index is 437. The summed E-state index contributed by atoms with van der Waals surface area (Å²) in [7, 11) is 3.49. The molecule has 0 aliphatic carbocycles. The maximum Gasteiger partial charge on any atom is 0.260 e. The summed E-state index contributed by atoms with van der Waals surface area (Å²) in [5.41, 5.74) is 0.837. The van der Waals surface area contributed by atoms with Crippen LogP contribution >= 0.6 is 0 Å². The number of nitrogens with zero attached hydrogens (tertiary/aromatic N) is 1. The van der Waals surface area contributed by atoms with Crippen LogP contribution in [0, 0.1) is 5.82 Å². The third kappa shape index (κ3) is 4.21. The van der Waals surface area contributed by atoms with Gasteiger partial charge in [0.05, 0.1) is 0 Å². The van der Waals surface area contributed by atoms with Gasteiger partial charge in [-0.15, -0.1) is 0 Å². The van der Waals surface area contributed by atoms with Gasteiger partial charge in [0.1, 0.15) is 0 Å². The third-order valence-corrected chi connectivity index (χ3v) is 3.14. The minimum Gasteiger partial charge on any atom is -0.481 e. The number of rotatable bonds is 6. The lowest BCUT2D eigenvalue weighted by Gasteiger charge is -2.16. The zero-order chi connectivity index (χ0) is 14.4. The first-order valence-electron chi connectivity index (χ1n) is 6.33. The van der Waals surface area contributed by atoms with Crippen LogP contribution in [0.2, 0.25) is 0 Å². The van der Waals surface area contributed by atoms with E-state index in [1.165, 1.54) is 11.0 Å². The number of nitrogens with one attached hydrogen (secondary N) is 1. The highest BCUT2D eigenvalue weighted by molar-refractivity contribution is 5.77. The van der Waals surface area contributed by atoms with Crippen LogP contribution in [-0.4, -0.2) is 38.1 Å². The molecular weight excluding hydrogens is 247 g/mol. The highest BCUT2D eigenvalue weighted by Gasteiger charge is 2.11. The second-order valence-electron chi connectivity index (χ2n) is 4.40. The fourth-order valence-corrected chi connectivity index (χ4v) is 1.50. The average molecular weight is 268 g/mol. The van der Waals surface area contributed by atoms with Gasteiger partial charge >= 0.3 is 0 Å². The summed E-state index contributed by atoms with van der Waals surface area (Å²) in [6, 6.07) is 4.83. The summed E-state index contributed by atoms with van der Waals surface area (Å²) in [6.45, 7) is 4.26. The molecule has 0 saturated heterocycles. The standard InChI is InChI=1S/C14H21FN2O2/c1-5-17(4)14(18)9-19-13-7-6-11(8-12(13)15)10(2)16-3/h6-8,10,16H,5,9H2,1-4H3. The highest BCUT2D eigenvalue weighted by atomic mass is 19.1. The largest absolute Gasteiger partial charge is 0.481 e. The van der Waals surface area contributed by atoms with Crippen molar-refractivity contribution >= 4 is 5.91 Å². The predicted molar refractivity (Wildman–Crippen MR) is 72.7 cm³/mol. The first-order chi connectivity index (χ1) is 8.99. The Hall–Kier alpha value is -1.62. The monoisotopic (exact) mass is 268 g/mol. The zero-order valence-electron chi connectivity index (χ0n) is 11.9. The van der Waals surface area contributed by atoms with Crippen molar-refractivity contribution in [2.75, 3.05) is 27.2 Å². The van der Waals surface area contributed by atoms with Gasteiger partial charge < -0.3 is 15.0 Å². The number of hydrogen-bond donors (Lipinski definition) is 1. The zero-order valence-corrected chi connectivity index (χ0v) is 11.9. The Morgan fingerprint density at radius 2 is 2.21 bits per heavy atom. The normalized spacial score (nSPS) is 12.1. The Morgan fingerprint density at radius 3 is 2.74 bits per heavy atom. The molecule has 0 aromatic heterocycles. The van der Waals surface area contributed by atoms with Gasteiger partial charge in [0.25, 0.3) is 5.91 Å². The van der Waals surface area contributed by atoms with Crippen molar-refractivity contribution in [3.05, 3.63) is 29.6 Å². The summed E-state index contributed by atoms with van der Waals surface area (Å²) in [5, 5.41) is 3.03. The molecule has 1 amide bonds. The number of ether oxygens (including phenoxy) is 1. The number of likely N-dealkylation sites (N-methyl/N-ethyl adjacent to an activating group) is 1. The van der Waals surface area contributed by atoms with Crippen molar-refractivity contribution in [1.29, 1.82) is 0 Å². The molecule has 1 N–H and O–H groups in total. The molecule has 4 nitrogen and oxygen atoms in total. The van der Waals surface area contributed by atoms with Gasteiger partial charge in [-0.2, -0.15) is 0 Å². The summed E-state index contributed by atoms with van der Waals surface area (Å²) >= 11 is 0. The van der Waals surface area contributed by atoms with E-state index in [0.29, 0.717) is 6.54 Å². The lowest BCUT2D eigenvalue weighted by atomic mass is 10.1. The number of amides is 1. The van der Waals surface area contributed by atoms with E-state index in [2.05, 4.69) is 5.32 Å². The van der Waals surface area contributed by atoms with Gasteiger partial charge in [0.15, 0.2) is 18.2 Å². The van der Waals surface area contributed by atoms with Gasteiger partial charge in [-0.1, -0.05) is 6.07 Å². The van der Waals surface area contributed by atoms with Crippen LogP contribution in [0.5, 0.6) is 5.75 Å². The smallest absolute Gasteiger partial charge is 0.260 e. The molecule has 1 unspecified atom stereocenters. The van der Waals surface area contributed by atoms with Crippen molar-refractivity contribution in [3.63, 3.8) is 0 Å². The summed E-state index contributed by atoms with van der Waals surface area (Å²) < 4.78 is 19.0. The van der Waals surface area contributed by atoms with Crippen LogP contribution in [0.25, 0.3) is 0 Å². The first kappa shape index (κ1) is 15.4. The first-order valence-corrected chi connectivity index (χ1v) is 6.33. The van der Waals surface area contributed by atoms with Gasteiger partial charge in [-0.05, 0) is 38.6 Å². The fourth-order valence-electron chi connectivity index (χ4n) is 1.50. The Kier molecular flexibility index (Phi) is 5.76. The van der Waals surface area contributed by atoms with E-state index in [4.69, 9.17) is 4.74 Å². The molecule has 0 saturated carbocycles. The molecule has 0 bridgehead atoms. The molecule has 1 aromatic rings. The number of halogens is 1. The Balaban J connectivity index is 2.68. The topological polar surface area (TPSA) is 41.6 Å². The van der Waals surface area contributed by atoms with Crippen molar-refractivity contribution in [3.8, 4) is 5.75 Å².